The molecule has 0 radical (unpaired) electrons. The van der Waals surface area contributed by atoms with Gasteiger partial charge in [-0.05, 0) is 34.9 Å². The lowest BCUT2D eigenvalue weighted by molar-refractivity contribution is -0.118. The highest BCUT2D eigenvalue weighted by Crippen LogP contribution is 2.57. The lowest BCUT2D eigenvalue weighted by Crippen LogP contribution is -2.35. The standard InChI is InChI=1S/C20H12O5/c21-11-3-1-2-8-14-9-4-6-12(22)18-13(23)7-5-10(15(9)18)17(14)20(25)19(24)16(8)11/h1-7,10,15,17,21,23H. The highest BCUT2D eigenvalue weighted by atomic mass is 16.3. The molecule has 122 valence electrons. The zero-order chi connectivity index (χ0) is 17.5. The van der Waals surface area contributed by atoms with Crippen molar-refractivity contribution in [2.24, 2.45) is 17.8 Å². The molecular formula is C20H12O5. The molecule has 0 amide bonds. The maximum absolute atomic E-state index is 12.8. The molecule has 3 unspecified atom stereocenters. The molecule has 4 aliphatic carbocycles. The molecule has 0 fully saturated rings. The fourth-order valence-corrected chi connectivity index (χ4v) is 4.59. The van der Waals surface area contributed by atoms with Crippen molar-refractivity contribution in [3.05, 3.63) is 70.5 Å². The van der Waals surface area contributed by atoms with Gasteiger partial charge in [-0.15, -0.1) is 0 Å². The van der Waals surface area contributed by atoms with Crippen LogP contribution in [0.25, 0.3) is 5.57 Å². The Labute approximate surface area is 142 Å². The zero-order valence-electron chi connectivity index (χ0n) is 12.9. The van der Waals surface area contributed by atoms with Gasteiger partial charge in [-0.3, -0.25) is 14.4 Å². The van der Waals surface area contributed by atoms with Crippen LogP contribution in [-0.2, 0) is 9.59 Å². The van der Waals surface area contributed by atoms with E-state index in [1.807, 2.05) is 0 Å². The number of hydrogen-bond donors (Lipinski definition) is 2. The Hall–Kier alpha value is -3.21. The number of phenols is 1. The van der Waals surface area contributed by atoms with E-state index < -0.39 is 23.4 Å². The van der Waals surface area contributed by atoms with E-state index in [2.05, 4.69) is 0 Å². The van der Waals surface area contributed by atoms with Gasteiger partial charge in [0.05, 0.1) is 11.5 Å². The van der Waals surface area contributed by atoms with Crippen LogP contribution >= 0.6 is 0 Å². The molecule has 0 spiro atoms. The van der Waals surface area contributed by atoms with Crippen molar-refractivity contribution in [2.75, 3.05) is 0 Å². The predicted octanol–water partition coefficient (Wildman–Crippen LogP) is 2.29. The van der Waals surface area contributed by atoms with Crippen LogP contribution in [0, 0.1) is 17.8 Å². The summed E-state index contributed by atoms with van der Waals surface area (Å²) in [7, 11) is 0. The number of aromatic hydroxyl groups is 1. The number of ketones is 3. The van der Waals surface area contributed by atoms with Crippen LogP contribution in [0.15, 0.2) is 59.4 Å². The topological polar surface area (TPSA) is 91.7 Å². The lowest BCUT2D eigenvalue weighted by atomic mass is 9.71. The number of carbonyl (C=O) groups is 3. The van der Waals surface area contributed by atoms with Crippen molar-refractivity contribution in [1.29, 1.82) is 0 Å². The minimum Gasteiger partial charge on any atom is -0.508 e. The highest BCUT2D eigenvalue weighted by Gasteiger charge is 2.54. The van der Waals surface area contributed by atoms with Gasteiger partial charge >= 0.3 is 0 Å². The van der Waals surface area contributed by atoms with Gasteiger partial charge in [-0.1, -0.05) is 24.3 Å². The molecule has 0 bridgehead atoms. The molecule has 5 rings (SSSR count). The number of hydrogen-bond acceptors (Lipinski definition) is 5. The minimum atomic E-state index is -0.704. The van der Waals surface area contributed by atoms with Crippen LogP contribution in [0.4, 0.5) is 0 Å². The van der Waals surface area contributed by atoms with Gasteiger partial charge in [-0.2, -0.15) is 0 Å². The van der Waals surface area contributed by atoms with Gasteiger partial charge in [0, 0.05) is 17.4 Å². The van der Waals surface area contributed by atoms with Gasteiger partial charge in [0.2, 0.25) is 11.6 Å². The van der Waals surface area contributed by atoms with Crippen LogP contribution in [0.2, 0.25) is 0 Å². The van der Waals surface area contributed by atoms with Crippen LogP contribution in [0.5, 0.6) is 5.75 Å². The fourth-order valence-electron chi connectivity index (χ4n) is 4.59. The van der Waals surface area contributed by atoms with Gasteiger partial charge in [0.1, 0.15) is 11.5 Å². The third-order valence-electron chi connectivity index (χ3n) is 5.54. The average molecular weight is 332 g/mol. The molecule has 0 saturated carbocycles. The van der Waals surface area contributed by atoms with E-state index in [1.165, 1.54) is 18.2 Å². The van der Waals surface area contributed by atoms with Crippen molar-refractivity contribution in [3.8, 4) is 5.75 Å². The zero-order valence-corrected chi connectivity index (χ0v) is 12.9. The second-order valence-electron chi connectivity index (χ2n) is 6.65. The normalized spacial score (nSPS) is 29.1. The molecule has 0 aromatic heterocycles. The molecule has 1 aromatic carbocycles. The smallest absolute Gasteiger partial charge is 0.233 e. The maximum atomic E-state index is 12.8. The number of benzene rings is 1. The summed E-state index contributed by atoms with van der Waals surface area (Å²) in [5.41, 5.74) is 2.26. The Morgan fingerprint density at radius 3 is 2.48 bits per heavy atom. The number of fused-ring (bicyclic) bond motifs is 4. The molecule has 0 saturated heterocycles. The molecule has 5 heteroatoms. The SMILES string of the molecule is O=C1C=CC2=C3c4cccc(O)c4C(=O)C(=O)C3C3C=CC(O)=C1C23. The summed E-state index contributed by atoms with van der Waals surface area (Å²) in [5.74, 6) is -3.40. The van der Waals surface area contributed by atoms with Crippen molar-refractivity contribution < 1.29 is 24.6 Å². The Balaban J connectivity index is 1.88. The molecule has 4 aliphatic rings. The first kappa shape index (κ1) is 14.2. The van der Waals surface area contributed by atoms with E-state index in [0.29, 0.717) is 11.1 Å². The molecule has 5 nitrogen and oxygen atoms in total. The Morgan fingerprint density at radius 2 is 1.68 bits per heavy atom. The second kappa shape index (κ2) is 4.45. The Bertz CT molecular complexity index is 1030. The molecule has 25 heavy (non-hydrogen) atoms. The molecule has 3 atom stereocenters. The van der Waals surface area contributed by atoms with E-state index >= 15 is 0 Å². The summed E-state index contributed by atoms with van der Waals surface area (Å²) in [6, 6.07) is 4.73. The largest absolute Gasteiger partial charge is 0.508 e. The van der Waals surface area contributed by atoms with Crippen molar-refractivity contribution in [1.82, 2.24) is 0 Å². The summed E-state index contributed by atoms with van der Waals surface area (Å²) in [5, 5.41) is 20.3. The maximum Gasteiger partial charge on any atom is 0.233 e. The van der Waals surface area contributed by atoms with Crippen molar-refractivity contribution in [2.45, 2.75) is 0 Å². The van der Waals surface area contributed by atoms with Crippen LogP contribution < -0.4 is 0 Å². The van der Waals surface area contributed by atoms with Gasteiger partial charge in [0.15, 0.2) is 5.78 Å². The monoisotopic (exact) mass is 332 g/mol. The highest BCUT2D eigenvalue weighted by molar-refractivity contribution is 6.49. The van der Waals surface area contributed by atoms with E-state index in [9.17, 15) is 24.6 Å². The van der Waals surface area contributed by atoms with Crippen molar-refractivity contribution >= 4 is 22.9 Å². The van der Waals surface area contributed by atoms with E-state index in [4.69, 9.17) is 0 Å². The van der Waals surface area contributed by atoms with Crippen LogP contribution in [0.3, 0.4) is 0 Å². The number of Topliss-reactive ketones (excluding diaryl/α,β-unsaturated/α-hetero) is 2. The summed E-state index contributed by atoms with van der Waals surface area (Å²) in [6.07, 6.45) is 6.19. The first-order valence-electron chi connectivity index (χ1n) is 7.99. The lowest BCUT2D eigenvalue weighted by Gasteiger charge is -2.30. The first-order chi connectivity index (χ1) is 12.0. The summed E-state index contributed by atoms with van der Waals surface area (Å²) in [6.45, 7) is 0. The van der Waals surface area contributed by atoms with Gasteiger partial charge < -0.3 is 10.2 Å². The van der Waals surface area contributed by atoms with Gasteiger partial charge in [-0.25, -0.2) is 0 Å². The van der Waals surface area contributed by atoms with Crippen LogP contribution in [-0.4, -0.2) is 27.6 Å². The van der Waals surface area contributed by atoms with Crippen LogP contribution in [0.1, 0.15) is 15.9 Å². The Morgan fingerprint density at radius 1 is 0.880 bits per heavy atom. The molecular weight excluding hydrogens is 320 g/mol. The summed E-state index contributed by atoms with van der Waals surface area (Å²) < 4.78 is 0. The average Bonchev–Trinajstić information content (AvgIpc) is 2.92. The summed E-state index contributed by atoms with van der Waals surface area (Å²) in [4.78, 5) is 37.6. The van der Waals surface area contributed by atoms with E-state index in [0.717, 1.165) is 5.57 Å². The number of aliphatic hydroxyl groups is 1. The van der Waals surface area contributed by atoms with E-state index in [-0.39, 0.29) is 34.3 Å². The molecule has 0 aliphatic heterocycles. The fraction of sp³-hybridized carbons (Fsp3) is 0.150. The number of rotatable bonds is 0. The number of phenolic OH excluding ortho intramolecular Hbond substituents is 1. The molecule has 0 heterocycles. The number of aliphatic hydroxyl groups excluding tert-OH is 1. The van der Waals surface area contributed by atoms with E-state index in [1.54, 1.807) is 24.3 Å². The second-order valence-corrected chi connectivity index (χ2v) is 6.65. The summed E-state index contributed by atoms with van der Waals surface area (Å²) >= 11 is 0. The third-order valence-corrected chi connectivity index (χ3v) is 5.54. The minimum absolute atomic E-state index is 0.0222. The first-order valence-corrected chi connectivity index (χ1v) is 7.99. The third kappa shape index (κ3) is 1.55. The predicted molar refractivity (Wildman–Crippen MR) is 87.8 cm³/mol. The molecule has 2 N–H and O–H groups in total. The number of allylic oxidation sites excluding steroid dienone is 7. The van der Waals surface area contributed by atoms with Crippen molar-refractivity contribution in [3.63, 3.8) is 0 Å². The quantitative estimate of drug-likeness (QED) is 0.711. The number of carbonyl (C=O) groups excluding carboxylic acids is 3. The Kier molecular flexibility index (Phi) is 2.52. The molecule has 1 aromatic rings. The van der Waals surface area contributed by atoms with Gasteiger partial charge in [0.25, 0.3) is 0 Å².